The highest BCUT2D eigenvalue weighted by atomic mass is 16.1. The normalized spacial score (nSPS) is 15.5. The number of rotatable bonds is 2. The predicted molar refractivity (Wildman–Crippen MR) is 111 cm³/mol. The van der Waals surface area contributed by atoms with E-state index < -0.39 is 0 Å². The fraction of sp³-hybridized carbons (Fsp3) is 0.318. The quantitative estimate of drug-likeness (QED) is 0.565. The zero-order chi connectivity index (χ0) is 19.3. The monoisotopic (exact) mass is 373 g/mol. The first-order chi connectivity index (χ1) is 13.6. The van der Waals surface area contributed by atoms with Gasteiger partial charge >= 0.3 is 0 Å². The molecule has 142 valence electrons. The molecule has 1 saturated heterocycles. The molecule has 4 aromatic rings. The van der Waals surface area contributed by atoms with Crippen LogP contribution < -0.4 is 10.9 Å². The maximum atomic E-state index is 12.8. The molecule has 3 aromatic heterocycles. The molecular weight excluding hydrogens is 350 g/mol. The van der Waals surface area contributed by atoms with Crippen LogP contribution in [0.4, 0.5) is 0 Å². The number of aromatic nitrogens is 4. The van der Waals surface area contributed by atoms with Crippen molar-refractivity contribution in [3.8, 4) is 11.1 Å². The summed E-state index contributed by atoms with van der Waals surface area (Å²) in [5.74, 6) is 1.15. The molecule has 0 atom stereocenters. The van der Waals surface area contributed by atoms with E-state index in [0.29, 0.717) is 11.3 Å². The van der Waals surface area contributed by atoms with Gasteiger partial charge in [0, 0.05) is 23.9 Å². The summed E-state index contributed by atoms with van der Waals surface area (Å²) in [6, 6.07) is 8.07. The average molecular weight is 373 g/mol. The van der Waals surface area contributed by atoms with Gasteiger partial charge in [0.25, 0.3) is 5.56 Å². The summed E-state index contributed by atoms with van der Waals surface area (Å²) in [7, 11) is 0. The van der Waals surface area contributed by atoms with Crippen LogP contribution in [0.2, 0.25) is 0 Å². The van der Waals surface area contributed by atoms with E-state index in [-0.39, 0.29) is 5.56 Å². The molecule has 0 radical (unpaired) electrons. The largest absolute Gasteiger partial charge is 0.320 e. The van der Waals surface area contributed by atoms with Crippen LogP contribution in [0.15, 0.2) is 41.5 Å². The Hall–Kier alpha value is -2.99. The fourth-order valence-corrected chi connectivity index (χ4v) is 4.21. The van der Waals surface area contributed by atoms with E-state index in [1.54, 1.807) is 0 Å². The van der Waals surface area contributed by atoms with Crippen molar-refractivity contribution < 1.29 is 0 Å². The highest BCUT2D eigenvalue weighted by molar-refractivity contribution is 5.84. The molecule has 4 heterocycles. The Morgan fingerprint density at radius 2 is 1.86 bits per heavy atom. The van der Waals surface area contributed by atoms with Crippen molar-refractivity contribution in [3.05, 3.63) is 64.2 Å². The summed E-state index contributed by atoms with van der Waals surface area (Å²) < 4.78 is 2.10. The Morgan fingerprint density at radius 1 is 1.04 bits per heavy atom. The second kappa shape index (κ2) is 6.56. The minimum atomic E-state index is -0.0576. The first-order valence-corrected chi connectivity index (χ1v) is 9.79. The van der Waals surface area contributed by atoms with Crippen LogP contribution in [0.5, 0.6) is 0 Å². The molecule has 0 amide bonds. The van der Waals surface area contributed by atoms with Gasteiger partial charge in [-0.25, -0.2) is 4.98 Å². The first kappa shape index (κ1) is 17.1. The molecule has 6 heteroatoms. The zero-order valence-corrected chi connectivity index (χ0v) is 16.1. The Bertz CT molecular complexity index is 1250. The Balaban J connectivity index is 1.59. The summed E-state index contributed by atoms with van der Waals surface area (Å²) in [6.45, 7) is 5.96. The molecule has 1 aliphatic rings. The lowest BCUT2D eigenvalue weighted by Crippen LogP contribution is -2.28. The molecule has 0 unspecified atom stereocenters. The van der Waals surface area contributed by atoms with Gasteiger partial charge in [0.15, 0.2) is 0 Å². The molecule has 5 rings (SSSR count). The van der Waals surface area contributed by atoms with Crippen LogP contribution in [0.1, 0.15) is 36.0 Å². The highest BCUT2D eigenvalue weighted by Gasteiger charge is 2.18. The van der Waals surface area contributed by atoms with Gasteiger partial charge in [0.1, 0.15) is 5.82 Å². The standard InChI is InChI=1S/C22H23N5O/c1-13-11-27-12-17(10-20(27)14(2)24-13)16-3-4-19-18(9-16)22(28)26-21(25-19)15-5-7-23-8-6-15/h3-4,9-12,15,23H,5-8H2,1-2H3,(H,25,26,28). The van der Waals surface area contributed by atoms with Gasteiger partial charge < -0.3 is 14.7 Å². The second-order valence-corrected chi connectivity index (χ2v) is 7.70. The van der Waals surface area contributed by atoms with Gasteiger partial charge in [-0.3, -0.25) is 9.78 Å². The van der Waals surface area contributed by atoms with Crippen molar-refractivity contribution in [2.24, 2.45) is 0 Å². The number of aryl methyl sites for hydroxylation is 2. The van der Waals surface area contributed by atoms with Gasteiger partial charge in [-0.2, -0.15) is 0 Å². The smallest absolute Gasteiger partial charge is 0.258 e. The lowest BCUT2D eigenvalue weighted by Gasteiger charge is -2.21. The van der Waals surface area contributed by atoms with Crippen molar-refractivity contribution in [2.75, 3.05) is 13.1 Å². The van der Waals surface area contributed by atoms with E-state index in [0.717, 1.165) is 65.3 Å². The predicted octanol–water partition coefficient (Wildman–Crippen LogP) is 3.32. The van der Waals surface area contributed by atoms with E-state index in [1.807, 2.05) is 38.2 Å². The number of piperidine rings is 1. The van der Waals surface area contributed by atoms with E-state index in [4.69, 9.17) is 4.98 Å². The fourth-order valence-electron chi connectivity index (χ4n) is 4.21. The number of benzene rings is 1. The van der Waals surface area contributed by atoms with Crippen LogP contribution in [0, 0.1) is 13.8 Å². The molecule has 0 saturated carbocycles. The topological polar surface area (TPSA) is 75.1 Å². The zero-order valence-electron chi connectivity index (χ0n) is 16.1. The first-order valence-electron chi connectivity index (χ1n) is 9.79. The number of H-pyrrole nitrogens is 1. The van der Waals surface area contributed by atoms with E-state index >= 15 is 0 Å². The highest BCUT2D eigenvalue weighted by Crippen LogP contribution is 2.27. The van der Waals surface area contributed by atoms with E-state index in [9.17, 15) is 4.79 Å². The molecule has 28 heavy (non-hydrogen) atoms. The number of hydrogen-bond donors (Lipinski definition) is 2. The summed E-state index contributed by atoms with van der Waals surface area (Å²) in [5, 5.41) is 3.99. The van der Waals surface area contributed by atoms with Gasteiger partial charge in [-0.05, 0) is 63.5 Å². The van der Waals surface area contributed by atoms with Crippen molar-refractivity contribution in [2.45, 2.75) is 32.6 Å². The molecule has 6 nitrogen and oxygen atoms in total. The third-order valence-corrected chi connectivity index (χ3v) is 5.67. The number of nitrogens with one attached hydrogen (secondary N) is 2. The van der Waals surface area contributed by atoms with Crippen molar-refractivity contribution in [3.63, 3.8) is 0 Å². The number of aromatic amines is 1. The summed E-state index contributed by atoms with van der Waals surface area (Å²) in [5.41, 5.74) is 5.84. The number of hydrogen-bond acceptors (Lipinski definition) is 4. The summed E-state index contributed by atoms with van der Waals surface area (Å²) in [6.07, 6.45) is 6.13. The Labute approximate surface area is 162 Å². The SMILES string of the molecule is Cc1cn2cc(-c3ccc4nc(C5CCNCC5)[nH]c(=O)c4c3)cc2c(C)n1. The average Bonchev–Trinajstić information content (AvgIpc) is 3.13. The van der Waals surface area contributed by atoms with Crippen LogP contribution in [0.25, 0.3) is 27.5 Å². The molecule has 0 aliphatic carbocycles. The maximum Gasteiger partial charge on any atom is 0.258 e. The third-order valence-electron chi connectivity index (χ3n) is 5.67. The lowest BCUT2D eigenvalue weighted by atomic mass is 9.97. The van der Waals surface area contributed by atoms with Crippen molar-refractivity contribution in [1.29, 1.82) is 0 Å². The van der Waals surface area contributed by atoms with Gasteiger partial charge in [-0.15, -0.1) is 0 Å². The van der Waals surface area contributed by atoms with E-state index in [1.165, 1.54) is 0 Å². The summed E-state index contributed by atoms with van der Waals surface area (Å²) >= 11 is 0. The van der Waals surface area contributed by atoms with Gasteiger partial charge in [0.05, 0.1) is 27.8 Å². The molecule has 1 aliphatic heterocycles. The minimum absolute atomic E-state index is 0.0576. The molecule has 1 aromatic carbocycles. The Kier molecular flexibility index (Phi) is 4.02. The molecule has 2 N–H and O–H groups in total. The van der Waals surface area contributed by atoms with Crippen molar-refractivity contribution >= 4 is 16.4 Å². The van der Waals surface area contributed by atoms with Gasteiger partial charge in [0.2, 0.25) is 0 Å². The lowest BCUT2D eigenvalue weighted by molar-refractivity contribution is 0.445. The van der Waals surface area contributed by atoms with Crippen LogP contribution in [0.3, 0.4) is 0 Å². The molecule has 0 spiro atoms. The summed E-state index contributed by atoms with van der Waals surface area (Å²) in [4.78, 5) is 25.1. The molecular formula is C22H23N5O. The molecule has 1 fully saturated rings. The Morgan fingerprint density at radius 3 is 2.68 bits per heavy atom. The van der Waals surface area contributed by atoms with E-state index in [2.05, 4.69) is 31.9 Å². The third kappa shape index (κ3) is 2.90. The molecule has 0 bridgehead atoms. The van der Waals surface area contributed by atoms with Gasteiger partial charge in [-0.1, -0.05) is 6.07 Å². The van der Waals surface area contributed by atoms with Crippen LogP contribution in [-0.2, 0) is 0 Å². The van der Waals surface area contributed by atoms with Crippen LogP contribution >= 0.6 is 0 Å². The second-order valence-electron chi connectivity index (χ2n) is 7.70. The number of fused-ring (bicyclic) bond motifs is 2. The number of nitrogens with zero attached hydrogens (tertiary/aromatic N) is 3. The maximum absolute atomic E-state index is 12.8. The van der Waals surface area contributed by atoms with Crippen molar-refractivity contribution in [1.82, 2.24) is 24.7 Å². The minimum Gasteiger partial charge on any atom is -0.320 e. The van der Waals surface area contributed by atoms with Crippen LogP contribution in [-0.4, -0.2) is 32.4 Å².